The summed E-state index contributed by atoms with van der Waals surface area (Å²) in [5.41, 5.74) is 1.11. The summed E-state index contributed by atoms with van der Waals surface area (Å²) < 4.78 is 52.0. The molecule has 1 saturated carbocycles. The minimum atomic E-state index is -5.10. The lowest BCUT2D eigenvalue weighted by Gasteiger charge is -2.41. The van der Waals surface area contributed by atoms with Crippen LogP contribution in [0.1, 0.15) is 31.4 Å². The van der Waals surface area contributed by atoms with Crippen molar-refractivity contribution < 1.29 is 72.3 Å². The molecule has 2 aromatic rings. The molecule has 16 nitrogen and oxygen atoms in total. The topological polar surface area (TPSA) is 235 Å². The maximum atomic E-state index is 13.4. The van der Waals surface area contributed by atoms with Crippen LogP contribution >= 0.6 is 7.82 Å². The van der Waals surface area contributed by atoms with Gasteiger partial charge in [-0.05, 0) is 55.3 Å². The van der Waals surface area contributed by atoms with Gasteiger partial charge in [0.25, 0.3) is 0 Å². The highest BCUT2D eigenvalue weighted by Crippen LogP contribution is 2.43. The molecule has 18 heteroatoms. The van der Waals surface area contributed by atoms with E-state index in [0.717, 1.165) is 0 Å². The van der Waals surface area contributed by atoms with Gasteiger partial charge < -0.3 is 54.1 Å². The highest BCUT2D eigenvalue weighted by atomic mass is 31.2. The Hall–Kier alpha value is -3.48. The number of aliphatic hydroxyl groups is 4. The first-order valence-electron chi connectivity index (χ1n) is 14.8. The number of carbonyl (C=O) groups excluding carboxylic acids is 1. The Morgan fingerprint density at radius 3 is 2.48 bits per heavy atom. The van der Waals surface area contributed by atoms with Crippen molar-refractivity contribution in [1.82, 2.24) is 5.32 Å². The number of fused-ring (bicyclic) bond motifs is 1. The Kier molecular flexibility index (Phi) is 11.2. The van der Waals surface area contributed by atoms with E-state index >= 15 is 0 Å². The molecule has 9 unspecified atom stereocenters. The Bertz CT molecular complexity index is 1590. The van der Waals surface area contributed by atoms with Crippen molar-refractivity contribution in [3.8, 4) is 11.5 Å². The highest BCUT2D eigenvalue weighted by Gasteiger charge is 2.53. The van der Waals surface area contributed by atoms with Crippen LogP contribution in [0.5, 0.6) is 11.5 Å². The van der Waals surface area contributed by atoms with Crippen molar-refractivity contribution in [2.45, 2.75) is 81.9 Å². The molecule has 0 radical (unpaired) electrons. The summed E-state index contributed by atoms with van der Waals surface area (Å²) in [7, 11) is -5.10. The summed E-state index contributed by atoms with van der Waals surface area (Å²) in [5.74, 6) is -1.70. The fraction of sp³-hybridized carbons (Fsp3) is 0.467. The third kappa shape index (κ3) is 8.56. The van der Waals surface area contributed by atoms with Gasteiger partial charge >= 0.3 is 7.82 Å². The number of phosphoric acid groups is 1. The summed E-state index contributed by atoms with van der Waals surface area (Å²) in [6, 6.07) is 8.45. The first-order chi connectivity index (χ1) is 22.7. The molecular formula is C30H36FN2O14P. The minimum Gasteiger partial charge on any atom is -0.461 e. The van der Waals surface area contributed by atoms with Crippen LogP contribution in [0.4, 0.5) is 4.39 Å². The van der Waals surface area contributed by atoms with Crippen molar-refractivity contribution in [3.05, 3.63) is 65.0 Å². The van der Waals surface area contributed by atoms with Gasteiger partial charge in [0, 0.05) is 12.0 Å². The van der Waals surface area contributed by atoms with E-state index < -0.39 is 80.4 Å². The highest BCUT2D eigenvalue weighted by molar-refractivity contribution is 7.46. The Labute approximate surface area is 273 Å². The van der Waals surface area contributed by atoms with Crippen LogP contribution in [0.25, 0.3) is 6.08 Å². The van der Waals surface area contributed by atoms with Crippen LogP contribution in [0.2, 0.25) is 0 Å². The number of rotatable bonds is 11. The number of oxime groups is 1. The zero-order chi connectivity index (χ0) is 34.7. The third-order valence-corrected chi connectivity index (χ3v) is 8.34. The van der Waals surface area contributed by atoms with E-state index in [4.69, 9.17) is 28.3 Å². The molecule has 5 rings (SSSR count). The molecule has 48 heavy (non-hydrogen) atoms. The van der Waals surface area contributed by atoms with Crippen LogP contribution in [0, 0.1) is 5.82 Å². The van der Waals surface area contributed by atoms with Gasteiger partial charge in [-0.15, -0.1) is 0 Å². The molecule has 0 aromatic heterocycles. The second-order valence-corrected chi connectivity index (χ2v) is 12.7. The predicted octanol–water partition coefficient (Wildman–Crippen LogP) is 0.471. The van der Waals surface area contributed by atoms with E-state index in [1.54, 1.807) is 13.0 Å². The molecule has 2 heterocycles. The number of hydrogen-bond acceptors (Lipinski definition) is 13. The van der Waals surface area contributed by atoms with E-state index in [2.05, 4.69) is 10.5 Å². The zero-order valence-corrected chi connectivity index (χ0v) is 26.6. The molecule has 9 atom stereocenters. The summed E-state index contributed by atoms with van der Waals surface area (Å²) in [6.07, 6.45) is -8.11. The van der Waals surface area contributed by atoms with Gasteiger partial charge in [-0.2, -0.15) is 0 Å². The fourth-order valence-electron chi connectivity index (χ4n) is 5.56. The van der Waals surface area contributed by atoms with Crippen molar-refractivity contribution in [3.63, 3.8) is 0 Å². The zero-order valence-electron chi connectivity index (χ0n) is 25.7. The van der Waals surface area contributed by atoms with Gasteiger partial charge in [0.2, 0.25) is 12.2 Å². The Morgan fingerprint density at radius 1 is 1.04 bits per heavy atom. The molecular weight excluding hydrogens is 662 g/mol. The van der Waals surface area contributed by atoms with Gasteiger partial charge in [-0.1, -0.05) is 23.4 Å². The second-order valence-electron chi connectivity index (χ2n) is 11.5. The lowest BCUT2D eigenvalue weighted by Crippen LogP contribution is -2.67. The molecule has 262 valence electrons. The molecule has 0 bridgehead atoms. The number of hydrogen-bond donors (Lipinski definition) is 7. The minimum absolute atomic E-state index is 0.0261. The molecule has 3 aliphatic rings. The average molecular weight is 699 g/mol. The predicted molar refractivity (Wildman–Crippen MR) is 162 cm³/mol. The maximum Gasteiger partial charge on any atom is 0.524 e. The number of amides is 1. The molecule has 3 fully saturated rings. The fourth-order valence-corrected chi connectivity index (χ4v) is 5.96. The maximum absolute atomic E-state index is 13.4. The summed E-state index contributed by atoms with van der Waals surface area (Å²) in [4.78, 5) is 37.3. The van der Waals surface area contributed by atoms with Crippen LogP contribution in [-0.2, 0) is 35.0 Å². The van der Waals surface area contributed by atoms with Gasteiger partial charge in [0.1, 0.15) is 55.8 Å². The molecule has 1 aliphatic carbocycles. The SMILES string of the molecule is CC(=Cc1ccc(OC2CC(O)C(/C(C)=N/OCc3cccc(F)c3)O2)c(OP(=O)(O)O)c1)C(=O)NC1C(O)C(O)C2OCOC2C1O. The molecule has 2 saturated heterocycles. The van der Waals surface area contributed by atoms with Crippen molar-refractivity contribution >= 4 is 25.5 Å². The second kappa shape index (κ2) is 15.0. The third-order valence-electron chi connectivity index (χ3n) is 7.91. The summed E-state index contributed by atoms with van der Waals surface area (Å²) >= 11 is 0. The smallest absolute Gasteiger partial charge is 0.461 e. The van der Waals surface area contributed by atoms with Gasteiger partial charge in [-0.3, -0.25) is 14.6 Å². The number of benzene rings is 2. The van der Waals surface area contributed by atoms with E-state index in [1.165, 1.54) is 49.4 Å². The standard InChI is InChI=1S/C30H36FN2O14P/c1-14(30(38)32-23-24(35)26(37)29-28(25(23)36)42-13-43-29)8-16-6-7-20(21(10-16)47-48(39,40)41)45-22-11-19(34)27(46-22)15(2)33-44-12-17-4-3-5-18(31)9-17/h3-10,19,22-29,34-37H,11-13H2,1-2H3,(H,32,38)(H2,39,40,41)/b14-8?,33-15+. The number of phosphoric ester groups is 1. The first kappa shape index (κ1) is 35.8. The Morgan fingerprint density at radius 2 is 1.77 bits per heavy atom. The normalized spacial score (nSPS) is 30.9. The van der Waals surface area contributed by atoms with Crippen molar-refractivity contribution in [2.24, 2.45) is 5.16 Å². The van der Waals surface area contributed by atoms with Crippen LogP contribution in [0.3, 0.4) is 0 Å². The molecule has 2 aromatic carbocycles. The quantitative estimate of drug-likeness (QED) is 0.0732. The monoisotopic (exact) mass is 698 g/mol. The molecule has 7 N–H and O–H groups in total. The van der Waals surface area contributed by atoms with E-state index in [1.807, 2.05) is 0 Å². The Balaban J connectivity index is 1.25. The average Bonchev–Trinajstić information content (AvgIpc) is 3.66. The number of nitrogens with zero attached hydrogens (tertiary/aromatic N) is 1. The van der Waals surface area contributed by atoms with Crippen LogP contribution in [0.15, 0.2) is 53.2 Å². The number of carbonyl (C=O) groups is 1. The van der Waals surface area contributed by atoms with Crippen LogP contribution in [-0.4, -0.2) is 104 Å². The summed E-state index contributed by atoms with van der Waals surface area (Å²) in [6.45, 7) is 2.75. The van der Waals surface area contributed by atoms with Crippen LogP contribution < -0.4 is 14.6 Å². The van der Waals surface area contributed by atoms with E-state index in [-0.39, 0.29) is 42.4 Å². The van der Waals surface area contributed by atoms with E-state index in [0.29, 0.717) is 5.56 Å². The molecule has 1 amide bonds. The number of halogens is 1. The number of ether oxygens (including phenoxy) is 4. The molecule has 2 aliphatic heterocycles. The lowest BCUT2D eigenvalue weighted by atomic mass is 9.83. The largest absolute Gasteiger partial charge is 0.524 e. The van der Waals surface area contributed by atoms with Gasteiger partial charge in [0.05, 0.1) is 17.9 Å². The van der Waals surface area contributed by atoms with Crippen molar-refractivity contribution in [1.29, 1.82) is 0 Å². The number of nitrogens with one attached hydrogen (secondary N) is 1. The first-order valence-corrected chi connectivity index (χ1v) is 16.3. The number of aliphatic hydroxyl groups excluding tert-OH is 4. The lowest BCUT2D eigenvalue weighted by molar-refractivity contribution is -0.155. The van der Waals surface area contributed by atoms with E-state index in [9.17, 15) is 44.0 Å². The van der Waals surface area contributed by atoms with Crippen molar-refractivity contribution in [2.75, 3.05) is 6.79 Å². The molecule has 0 spiro atoms. The van der Waals surface area contributed by atoms with Gasteiger partial charge in [-0.25, -0.2) is 8.96 Å². The summed E-state index contributed by atoms with van der Waals surface area (Å²) in [5, 5.41) is 48.4. The van der Waals surface area contributed by atoms with Gasteiger partial charge in [0.15, 0.2) is 11.5 Å².